The zero-order valence-electron chi connectivity index (χ0n) is 12.2. The maximum atomic E-state index is 12.1. The van der Waals surface area contributed by atoms with E-state index in [-0.39, 0.29) is 11.9 Å². The number of hydrogen-bond acceptors (Lipinski definition) is 5. The van der Waals surface area contributed by atoms with E-state index in [4.69, 9.17) is 4.52 Å². The van der Waals surface area contributed by atoms with E-state index >= 15 is 0 Å². The summed E-state index contributed by atoms with van der Waals surface area (Å²) in [6.07, 6.45) is 6.04. The molecule has 0 unspecified atom stereocenters. The highest BCUT2D eigenvalue weighted by molar-refractivity contribution is 5.91. The Kier molecular flexibility index (Phi) is 3.74. The number of hydrogen-bond donors (Lipinski definition) is 1. The van der Waals surface area contributed by atoms with Crippen LogP contribution in [0.4, 0.5) is 5.88 Å². The summed E-state index contributed by atoms with van der Waals surface area (Å²) in [4.78, 5) is 14.3. The number of anilines is 1. The maximum Gasteiger partial charge on any atom is 0.240 e. The first-order chi connectivity index (χ1) is 10.1. The second-order valence-corrected chi connectivity index (χ2v) is 5.46. The molecule has 0 bridgehead atoms. The van der Waals surface area contributed by atoms with Crippen molar-refractivity contribution < 1.29 is 9.32 Å². The first kappa shape index (κ1) is 13.8. The molecule has 1 saturated heterocycles. The second-order valence-electron chi connectivity index (χ2n) is 5.46. The highest BCUT2D eigenvalue weighted by atomic mass is 16.5. The van der Waals surface area contributed by atoms with Crippen molar-refractivity contribution >= 4 is 11.8 Å². The lowest BCUT2D eigenvalue weighted by Crippen LogP contribution is -2.32. The third-order valence-electron chi connectivity index (χ3n) is 3.71. The molecule has 0 aromatic carbocycles. The summed E-state index contributed by atoms with van der Waals surface area (Å²) < 4.78 is 6.80. The Morgan fingerprint density at radius 1 is 1.57 bits per heavy atom. The van der Waals surface area contributed by atoms with Crippen LogP contribution in [0.15, 0.2) is 23.0 Å². The van der Waals surface area contributed by atoms with E-state index in [1.54, 1.807) is 10.7 Å². The summed E-state index contributed by atoms with van der Waals surface area (Å²) in [6, 6.07) is 1.97. The molecule has 1 fully saturated rings. The number of carbonyl (C=O) groups excluding carboxylic acids is 1. The van der Waals surface area contributed by atoms with Crippen LogP contribution in [0.5, 0.6) is 0 Å². The second kappa shape index (κ2) is 5.69. The van der Waals surface area contributed by atoms with E-state index in [1.807, 2.05) is 26.4 Å². The molecule has 0 radical (unpaired) electrons. The normalized spacial score (nSPS) is 19.0. The zero-order chi connectivity index (χ0) is 14.8. The van der Waals surface area contributed by atoms with Crippen molar-refractivity contribution in [3.05, 3.63) is 29.7 Å². The van der Waals surface area contributed by atoms with Gasteiger partial charge in [-0.3, -0.25) is 19.7 Å². The summed E-state index contributed by atoms with van der Waals surface area (Å²) in [6.45, 7) is 3.08. The largest absolute Gasteiger partial charge is 0.338 e. The molecule has 2 aromatic heterocycles. The minimum atomic E-state index is -0.0815. The van der Waals surface area contributed by atoms with Gasteiger partial charge in [-0.1, -0.05) is 5.16 Å². The van der Waals surface area contributed by atoms with Gasteiger partial charge in [0.15, 0.2) is 0 Å². The molecule has 0 spiro atoms. The van der Waals surface area contributed by atoms with E-state index in [0.29, 0.717) is 12.4 Å². The monoisotopic (exact) mass is 289 g/mol. The number of nitrogens with zero attached hydrogens (tertiary/aromatic N) is 4. The van der Waals surface area contributed by atoms with E-state index in [9.17, 15) is 4.79 Å². The van der Waals surface area contributed by atoms with Gasteiger partial charge in [-0.2, -0.15) is 5.10 Å². The van der Waals surface area contributed by atoms with Gasteiger partial charge < -0.3 is 4.52 Å². The maximum absolute atomic E-state index is 12.1. The molecule has 0 saturated carbocycles. The van der Waals surface area contributed by atoms with Gasteiger partial charge in [0, 0.05) is 30.9 Å². The van der Waals surface area contributed by atoms with Crippen LogP contribution < -0.4 is 5.32 Å². The van der Waals surface area contributed by atoms with Gasteiger partial charge in [0.2, 0.25) is 11.8 Å². The summed E-state index contributed by atoms with van der Waals surface area (Å²) >= 11 is 0. The number of rotatable bonds is 4. The fraction of sp³-hybridized carbons (Fsp3) is 0.500. The Morgan fingerprint density at radius 3 is 3.10 bits per heavy atom. The highest BCUT2D eigenvalue weighted by Gasteiger charge is 2.28. The highest BCUT2D eigenvalue weighted by Crippen LogP contribution is 2.31. The van der Waals surface area contributed by atoms with Crippen molar-refractivity contribution in [3.8, 4) is 0 Å². The van der Waals surface area contributed by atoms with E-state index in [2.05, 4.69) is 20.5 Å². The molecule has 21 heavy (non-hydrogen) atoms. The van der Waals surface area contributed by atoms with Crippen molar-refractivity contribution in [3.63, 3.8) is 0 Å². The molecule has 1 amide bonds. The van der Waals surface area contributed by atoms with Crippen LogP contribution in [-0.4, -0.2) is 38.8 Å². The predicted octanol–water partition coefficient (Wildman–Crippen LogP) is 1.49. The minimum absolute atomic E-state index is 0.0815. The van der Waals surface area contributed by atoms with Crippen molar-refractivity contribution in [2.45, 2.75) is 25.8 Å². The van der Waals surface area contributed by atoms with Gasteiger partial charge in [-0.15, -0.1) is 0 Å². The molecule has 3 rings (SSSR count). The molecule has 7 nitrogen and oxygen atoms in total. The van der Waals surface area contributed by atoms with Crippen LogP contribution in [0.3, 0.4) is 0 Å². The zero-order valence-corrected chi connectivity index (χ0v) is 12.2. The van der Waals surface area contributed by atoms with Crippen LogP contribution in [-0.2, 0) is 11.8 Å². The molecular formula is C14H19N5O2. The molecule has 0 aliphatic carbocycles. The number of carbonyl (C=O) groups is 1. The number of amides is 1. The van der Waals surface area contributed by atoms with Crippen molar-refractivity contribution in [2.75, 3.05) is 18.4 Å². The Hall–Kier alpha value is -2.15. The molecule has 1 N–H and O–H groups in total. The SMILES string of the molecule is Cc1cc(NC(=O)CN2CCC[C@@H]2c2cnn(C)c2)on1. The quantitative estimate of drug-likeness (QED) is 0.923. The molecule has 1 atom stereocenters. The van der Waals surface area contributed by atoms with Crippen LogP contribution in [0.1, 0.15) is 30.1 Å². The van der Waals surface area contributed by atoms with Crippen LogP contribution >= 0.6 is 0 Å². The van der Waals surface area contributed by atoms with Crippen molar-refractivity contribution in [2.24, 2.45) is 7.05 Å². The number of nitrogens with one attached hydrogen (secondary N) is 1. The van der Waals surface area contributed by atoms with Crippen molar-refractivity contribution in [1.82, 2.24) is 19.8 Å². The average Bonchev–Trinajstić information content (AvgIpc) is 3.12. The fourth-order valence-corrected chi connectivity index (χ4v) is 2.79. The number of aromatic nitrogens is 3. The first-order valence-electron chi connectivity index (χ1n) is 7.07. The Labute approximate surface area is 122 Å². The third kappa shape index (κ3) is 3.13. The standard InChI is InChI=1S/C14H19N5O2/c1-10-6-14(21-17-10)16-13(20)9-19-5-3-4-12(19)11-7-15-18(2)8-11/h6-8,12H,3-5,9H2,1-2H3,(H,16,20)/t12-/m1/s1. The van der Waals surface area contributed by atoms with Gasteiger partial charge >= 0.3 is 0 Å². The summed E-state index contributed by atoms with van der Waals surface area (Å²) in [5, 5.41) is 10.7. The first-order valence-corrected chi connectivity index (χ1v) is 7.07. The van der Waals surface area contributed by atoms with Crippen LogP contribution in [0.25, 0.3) is 0 Å². The predicted molar refractivity (Wildman–Crippen MR) is 76.6 cm³/mol. The summed E-state index contributed by atoms with van der Waals surface area (Å²) in [5.74, 6) is 0.316. The Morgan fingerprint density at radius 2 is 2.43 bits per heavy atom. The molecule has 3 heterocycles. The molecule has 112 valence electrons. The van der Waals surface area contributed by atoms with E-state index < -0.39 is 0 Å². The van der Waals surface area contributed by atoms with Crippen LogP contribution in [0, 0.1) is 6.92 Å². The molecule has 7 heteroatoms. The van der Waals surface area contributed by atoms with Gasteiger partial charge in [-0.25, -0.2) is 0 Å². The van der Waals surface area contributed by atoms with Gasteiger partial charge in [0.25, 0.3) is 0 Å². The van der Waals surface area contributed by atoms with Crippen LogP contribution in [0.2, 0.25) is 0 Å². The average molecular weight is 289 g/mol. The number of aryl methyl sites for hydroxylation is 2. The third-order valence-corrected chi connectivity index (χ3v) is 3.71. The topological polar surface area (TPSA) is 76.2 Å². The minimum Gasteiger partial charge on any atom is -0.338 e. The summed E-state index contributed by atoms with van der Waals surface area (Å²) in [5.41, 5.74) is 1.91. The lowest BCUT2D eigenvalue weighted by atomic mass is 10.1. The van der Waals surface area contributed by atoms with Crippen molar-refractivity contribution in [1.29, 1.82) is 0 Å². The van der Waals surface area contributed by atoms with Gasteiger partial charge in [0.1, 0.15) is 0 Å². The van der Waals surface area contributed by atoms with Gasteiger partial charge in [-0.05, 0) is 26.3 Å². The molecule has 1 aliphatic heterocycles. The van der Waals surface area contributed by atoms with E-state index in [0.717, 1.165) is 25.1 Å². The molecule has 1 aliphatic rings. The van der Waals surface area contributed by atoms with Gasteiger partial charge in [0.05, 0.1) is 18.4 Å². The fourth-order valence-electron chi connectivity index (χ4n) is 2.79. The Balaban J connectivity index is 1.62. The summed E-state index contributed by atoms with van der Waals surface area (Å²) in [7, 11) is 1.90. The number of likely N-dealkylation sites (tertiary alicyclic amines) is 1. The molecular weight excluding hydrogens is 270 g/mol. The lowest BCUT2D eigenvalue weighted by Gasteiger charge is -2.22. The Bertz CT molecular complexity index is 633. The lowest BCUT2D eigenvalue weighted by molar-refractivity contribution is -0.117. The van der Waals surface area contributed by atoms with E-state index in [1.165, 1.54) is 5.56 Å². The molecule has 2 aromatic rings. The smallest absolute Gasteiger partial charge is 0.240 e.